The van der Waals surface area contributed by atoms with Gasteiger partial charge in [-0.05, 0) is 73.9 Å². The molecule has 5 rings (SSSR count). The zero-order valence-corrected chi connectivity index (χ0v) is 22.8. The third-order valence-corrected chi connectivity index (χ3v) is 7.83. The van der Waals surface area contributed by atoms with Crippen molar-refractivity contribution in [2.75, 3.05) is 29.9 Å². The van der Waals surface area contributed by atoms with E-state index in [1.54, 1.807) is 11.3 Å². The first-order chi connectivity index (χ1) is 18.6. The van der Waals surface area contributed by atoms with Crippen molar-refractivity contribution in [2.24, 2.45) is 5.92 Å². The van der Waals surface area contributed by atoms with E-state index in [4.69, 9.17) is 16.3 Å². The molecule has 0 bridgehead atoms. The van der Waals surface area contributed by atoms with Crippen LogP contribution in [-0.4, -0.2) is 40.4 Å². The highest BCUT2D eigenvalue weighted by atomic mass is 35.5. The highest BCUT2D eigenvalue weighted by Crippen LogP contribution is 2.29. The van der Waals surface area contributed by atoms with Crippen LogP contribution in [0.4, 0.5) is 10.8 Å². The summed E-state index contributed by atoms with van der Waals surface area (Å²) in [4.78, 5) is 14.9. The van der Waals surface area contributed by atoms with Gasteiger partial charge in [-0.25, -0.2) is 0 Å². The molecule has 2 aromatic carbocycles. The van der Waals surface area contributed by atoms with Crippen LogP contribution in [0.3, 0.4) is 0 Å². The van der Waals surface area contributed by atoms with Gasteiger partial charge in [0, 0.05) is 48.2 Å². The van der Waals surface area contributed by atoms with Gasteiger partial charge in [-0.15, -0.1) is 10.2 Å². The molecule has 0 atom stereocenters. The van der Waals surface area contributed by atoms with Gasteiger partial charge in [-0.1, -0.05) is 35.1 Å². The van der Waals surface area contributed by atoms with Crippen LogP contribution in [0.1, 0.15) is 31.0 Å². The van der Waals surface area contributed by atoms with Crippen LogP contribution in [0.2, 0.25) is 5.02 Å². The molecule has 0 radical (unpaired) electrons. The Morgan fingerprint density at radius 1 is 1.03 bits per heavy atom. The largest absolute Gasteiger partial charge is 0.494 e. The number of hydrogen-bond donors (Lipinski definition) is 2. The van der Waals surface area contributed by atoms with E-state index in [0.29, 0.717) is 24.7 Å². The van der Waals surface area contributed by atoms with Crippen LogP contribution < -0.4 is 20.3 Å². The number of rotatable bonds is 10. The van der Waals surface area contributed by atoms with Gasteiger partial charge in [0.05, 0.1) is 13.2 Å². The fraction of sp³-hybridized carbons (Fsp3) is 0.321. The maximum absolute atomic E-state index is 12.7. The number of aromatic nitrogens is 3. The lowest BCUT2D eigenvalue weighted by molar-refractivity contribution is -0.125. The normalized spacial score (nSPS) is 13.9. The standard InChI is InChI=1S/C28H31ClN6O2S/c1-2-37-25-11-9-23(10-12-25)30-19-24-4-3-15-35(24)28-33-32-27(38-28)34-16-13-21(14-17-34)26(36)31-18-20-5-7-22(29)8-6-20/h3-12,15,21,30H,2,13-14,16-19H2,1H3,(H,31,36). The molecular formula is C28H31ClN6O2S. The molecule has 0 spiro atoms. The topological polar surface area (TPSA) is 84.3 Å². The minimum absolute atomic E-state index is 0.00988. The summed E-state index contributed by atoms with van der Waals surface area (Å²) in [5.74, 6) is 0.982. The second kappa shape index (κ2) is 12.3. The number of anilines is 2. The fourth-order valence-corrected chi connectivity index (χ4v) is 5.52. The number of piperidine rings is 1. The number of benzene rings is 2. The zero-order valence-electron chi connectivity index (χ0n) is 21.3. The molecule has 1 aliphatic rings. The number of ether oxygens (including phenoxy) is 1. The van der Waals surface area contributed by atoms with E-state index in [1.807, 2.05) is 67.7 Å². The Hall–Kier alpha value is -3.56. The van der Waals surface area contributed by atoms with Crippen LogP contribution in [0.5, 0.6) is 5.75 Å². The van der Waals surface area contributed by atoms with Crippen molar-refractivity contribution in [3.05, 3.63) is 83.1 Å². The SMILES string of the molecule is CCOc1ccc(NCc2cccn2-c2nnc(N3CCC(C(=O)NCc4ccc(Cl)cc4)CC3)s2)cc1. The van der Waals surface area contributed by atoms with Gasteiger partial charge >= 0.3 is 0 Å². The molecule has 38 heavy (non-hydrogen) atoms. The molecule has 8 nitrogen and oxygen atoms in total. The average Bonchev–Trinajstić information content (AvgIpc) is 3.62. The number of carbonyl (C=O) groups is 1. The van der Waals surface area contributed by atoms with E-state index < -0.39 is 0 Å². The molecule has 0 aliphatic carbocycles. The smallest absolute Gasteiger partial charge is 0.223 e. The number of nitrogens with one attached hydrogen (secondary N) is 2. The molecule has 0 saturated carbocycles. The number of nitrogens with zero attached hydrogens (tertiary/aromatic N) is 4. The van der Waals surface area contributed by atoms with Crippen molar-refractivity contribution >= 4 is 39.7 Å². The van der Waals surface area contributed by atoms with E-state index in [-0.39, 0.29) is 11.8 Å². The van der Waals surface area contributed by atoms with Gasteiger partial charge < -0.3 is 20.3 Å². The van der Waals surface area contributed by atoms with E-state index in [0.717, 1.165) is 58.9 Å². The van der Waals surface area contributed by atoms with Gasteiger partial charge in [0.1, 0.15) is 5.75 Å². The van der Waals surface area contributed by atoms with Crippen molar-refractivity contribution in [1.82, 2.24) is 20.1 Å². The fourth-order valence-electron chi connectivity index (χ4n) is 4.48. The van der Waals surface area contributed by atoms with Crippen LogP contribution in [0, 0.1) is 5.92 Å². The molecule has 2 aromatic heterocycles. The van der Waals surface area contributed by atoms with Crippen molar-refractivity contribution < 1.29 is 9.53 Å². The summed E-state index contributed by atoms with van der Waals surface area (Å²) >= 11 is 7.51. The highest BCUT2D eigenvalue weighted by molar-refractivity contribution is 7.17. The Bertz CT molecular complexity index is 1330. The first-order valence-corrected chi connectivity index (χ1v) is 14.0. The molecule has 1 saturated heterocycles. The van der Waals surface area contributed by atoms with Crippen molar-refractivity contribution in [3.8, 4) is 10.9 Å². The lowest BCUT2D eigenvalue weighted by atomic mass is 9.96. The first kappa shape index (κ1) is 26.1. The molecule has 3 heterocycles. The number of carbonyl (C=O) groups excluding carboxylic acids is 1. The quantitative estimate of drug-likeness (QED) is 0.270. The Morgan fingerprint density at radius 3 is 2.50 bits per heavy atom. The maximum Gasteiger partial charge on any atom is 0.223 e. The van der Waals surface area contributed by atoms with Crippen LogP contribution >= 0.6 is 22.9 Å². The molecule has 0 unspecified atom stereocenters. The highest BCUT2D eigenvalue weighted by Gasteiger charge is 2.26. The zero-order chi connectivity index (χ0) is 26.3. The Morgan fingerprint density at radius 2 is 1.76 bits per heavy atom. The lowest BCUT2D eigenvalue weighted by Crippen LogP contribution is -2.40. The van der Waals surface area contributed by atoms with E-state index in [1.165, 1.54) is 0 Å². The first-order valence-electron chi connectivity index (χ1n) is 12.8. The van der Waals surface area contributed by atoms with Gasteiger partial charge in [0.15, 0.2) is 0 Å². The molecule has 198 valence electrons. The number of halogens is 1. The van der Waals surface area contributed by atoms with E-state index >= 15 is 0 Å². The second-order valence-electron chi connectivity index (χ2n) is 9.15. The summed E-state index contributed by atoms with van der Waals surface area (Å²) in [5.41, 5.74) is 3.16. The minimum Gasteiger partial charge on any atom is -0.494 e. The van der Waals surface area contributed by atoms with Gasteiger partial charge in [-0.3, -0.25) is 9.36 Å². The Balaban J connectivity index is 1.13. The van der Waals surface area contributed by atoms with Crippen molar-refractivity contribution in [2.45, 2.75) is 32.9 Å². The number of hydrogen-bond acceptors (Lipinski definition) is 7. The molecular weight excluding hydrogens is 520 g/mol. The Labute approximate surface area is 231 Å². The number of amides is 1. The molecule has 2 N–H and O–H groups in total. The molecule has 4 aromatic rings. The van der Waals surface area contributed by atoms with Crippen LogP contribution in [-0.2, 0) is 17.9 Å². The van der Waals surface area contributed by atoms with Gasteiger partial charge in [0.25, 0.3) is 0 Å². The summed E-state index contributed by atoms with van der Waals surface area (Å²) in [6, 6.07) is 19.6. The minimum atomic E-state index is 0.00988. The third kappa shape index (κ3) is 6.46. The van der Waals surface area contributed by atoms with Crippen molar-refractivity contribution in [1.29, 1.82) is 0 Å². The predicted octanol–water partition coefficient (Wildman–Crippen LogP) is 5.53. The predicted molar refractivity (Wildman–Crippen MR) is 152 cm³/mol. The van der Waals surface area contributed by atoms with Crippen LogP contribution in [0.15, 0.2) is 66.9 Å². The summed E-state index contributed by atoms with van der Waals surface area (Å²) < 4.78 is 7.58. The van der Waals surface area contributed by atoms with Gasteiger partial charge in [0.2, 0.25) is 16.2 Å². The van der Waals surface area contributed by atoms with Crippen LogP contribution in [0.25, 0.3) is 5.13 Å². The van der Waals surface area contributed by atoms with Crippen molar-refractivity contribution in [3.63, 3.8) is 0 Å². The summed E-state index contributed by atoms with van der Waals surface area (Å²) in [5, 5.41) is 17.9. The molecule has 1 fully saturated rings. The second-order valence-corrected chi connectivity index (χ2v) is 10.5. The van der Waals surface area contributed by atoms with E-state index in [2.05, 4.69) is 36.4 Å². The summed E-state index contributed by atoms with van der Waals surface area (Å²) in [6.07, 6.45) is 3.60. The third-order valence-electron chi connectivity index (χ3n) is 6.60. The molecule has 10 heteroatoms. The molecule has 1 aliphatic heterocycles. The van der Waals surface area contributed by atoms with Gasteiger partial charge in [-0.2, -0.15) is 0 Å². The summed E-state index contributed by atoms with van der Waals surface area (Å²) in [6.45, 7) is 5.37. The monoisotopic (exact) mass is 550 g/mol. The lowest BCUT2D eigenvalue weighted by Gasteiger charge is -2.30. The Kier molecular flexibility index (Phi) is 8.45. The van der Waals surface area contributed by atoms with E-state index in [9.17, 15) is 4.79 Å². The summed E-state index contributed by atoms with van der Waals surface area (Å²) in [7, 11) is 0. The maximum atomic E-state index is 12.7. The molecule has 1 amide bonds. The average molecular weight is 551 g/mol.